The van der Waals surface area contributed by atoms with Crippen LogP contribution in [-0.4, -0.2) is 57.9 Å². The molecule has 1 heterocycles. The molecule has 224 valence electrons. The molecule has 12 heteroatoms. The van der Waals surface area contributed by atoms with E-state index in [9.17, 15) is 33.1 Å². The molecule has 1 aromatic carbocycles. The number of benzene rings is 1. The van der Waals surface area contributed by atoms with Gasteiger partial charge in [-0.05, 0) is 49.3 Å². The van der Waals surface area contributed by atoms with Crippen LogP contribution >= 0.6 is 11.3 Å². The van der Waals surface area contributed by atoms with E-state index in [-0.39, 0.29) is 47.9 Å². The number of nitrogens with one attached hydrogen (secondary N) is 1. The average Bonchev–Trinajstić information content (AvgIpc) is 3.60. The van der Waals surface area contributed by atoms with E-state index in [1.54, 1.807) is 11.9 Å². The largest absolute Gasteiger partial charge is 0.481 e. The van der Waals surface area contributed by atoms with E-state index >= 15 is 0 Å². The third-order valence-corrected chi connectivity index (χ3v) is 8.07. The van der Waals surface area contributed by atoms with Gasteiger partial charge in [-0.1, -0.05) is 20.8 Å². The maximum absolute atomic E-state index is 13.8. The summed E-state index contributed by atoms with van der Waals surface area (Å²) in [6.45, 7) is 6.72. The first-order valence-corrected chi connectivity index (χ1v) is 14.5. The van der Waals surface area contributed by atoms with E-state index in [0.29, 0.717) is 11.4 Å². The molecule has 1 saturated carbocycles. The Morgan fingerprint density at radius 1 is 1.12 bits per heavy atom. The topological polar surface area (TPSA) is 126 Å². The van der Waals surface area contributed by atoms with Gasteiger partial charge in [0.15, 0.2) is 6.10 Å². The first-order chi connectivity index (χ1) is 19.2. The Balaban J connectivity index is 1.79. The van der Waals surface area contributed by atoms with E-state index in [0.717, 1.165) is 42.4 Å². The highest BCUT2D eigenvalue weighted by Gasteiger charge is 2.37. The van der Waals surface area contributed by atoms with Crippen molar-refractivity contribution in [1.82, 2.24) is 15.2 Å². The van der Waals surface area contributed by atoms with Crippen molar-refractivity contribution in [2.24, 2.45) is 17.8 Å². The molecule has 4 atom stereocenters. The average molecular weight is 594 g/mol. The van der Waals surface area contributed by atoms with Crippen LogP contribution in [0.15, 0.2) is 23.6 Å². The van der Waals surface area contributed by atoms with Crippen molar-refractivity contribution in [3.63, 3.8) is 0 Å². The van der Waals surface area contributed by atoms with Gasteiger partial charge in [0, 0.05) is 49.8 Å². The van der Waals surface area contributed by atoms with Gasteiger partial charge in [0.1, 0.15) is 22.3 Å². The van der Waals surface area contributed by atoms with Gasteiger partial charge < -0.3 is 20.1 Å². The zero-order valence-electron chi connectivity index (χ0n) is 23.9. The number of nitrogens with zero attached hydrogens (tertiary/aromatic N) is 2. The van der Waals surface area contributed by atoms with E-state index < -0.39 is 47.5 Å². The van der Waals surface area contributed by atoms with Gasteiger partial charge in [-0.25, -0.2) is 13.8 Å². The van der Waals surface area contributed by atoms with E-state index in [1.165, 1.54) is 19.2 Å². The SMILES string of the molecule is CC(=O)OC(CC(C(C)C)N(C)C(=O)C1CC1)c1nc(C(=O)N[C@@H](Cc2cc(F)cc(F)c2)CC(C)C(=O)O)cs1. The number of amides is 2. The molecule has 0 spiro atoms. The summed E-state index contributed by atoms with van der Waals surface area (Å²) >= 11 is 1.13. The summed E-state index contributed by atoms with van der Waals surface area (Å²) in [6, 6.07) is 2.01. The number of ether oxygens (including phenoxy) is 1. The first-order valence-electron chi connectivity index (χ1n) is 13.6. The van der Waals surface area contributed by atoms with Crippen LogP contribution in [0.25, 0.3) is 0 Å². The van der Waals surface area contributed by atoms with Crippen molar-refractivity contribution in [2.75, 3.05) is 7.05 Å². The molecule has 3 rings (SSSR count). The number of esters is 1. The zero-order valence-corrected chi connectivity index (χ0v) is 24.7. The third-order valence-electron chi connectivity index (χ3n) is 7.13. The molecule has 0 aliphatic heterocycles. The van der Waals surface area contributed by atoms with Gasteiger partial charge in [0.25, 0.3) is 5.91 Å². The number of carboxylic acid groups (broad SMARTS) is 1. The molecule has 2 aromatic rings. The maximum Gasteiger partial charge on any atom is 0.306 e. The Bertz CT molecular complexity index is 1240. The van der Waals surface area contributed by atoms with Crippen LogP contribution in [0.1, 0.15) is 80.5 Å². The van der Waals surface area contributed by atoms with Crippen molar-refractivity contribution in [1.29, 1.82) is 0 Å². The molecule has 1 fully saturated rings. The van der Waals surface area contributed by atoms with Crippen molar-refractivity contribution in [3.05, 3.63) is 51.5 Å². The molecule has 1 aliphatic carbocycles. The molecule has 9 nitrogen and oxygen atoms in total. The smallest absolute Gasteiger partial charge is 0.306 e. The van der Waals surface area contributed by atoms with Gasteiger partial charge in [-0.15, -0.1) is 11.3 Å². The highest BCUT2D eigenvalue weighted by molar-refractivity contribution is 7.09. The van der Waals surface area contributed by atoms with Gasteiger partial charge in [-0.2, -0.15) is 0 Å². The van der Waals surface area contributed by atoms with Crippen LogP contribution in [0.4, 0.5) is 8.78 Å². The van der Waals surface area contributed by atoms with Crippen molar-refractivity contribution >= 4 is 35.1 Å². The number of hydrogen-bond donors (Lipinski definition) is 2. The minimum Gasteiger partial charge on any atom is -0.481 e. The molecular weight excluding hydrogens is 556 g/mol. The van der Waals surface area contributed by atoms with Crippen molar-refractivity contribution < 1.29 is 37.8 Å². The van der Waals surface area contributed by atoms with Gasteiger partial charge in [0.05, 0.1) is 5.92 Å². The number of hydrogen-bond acceptors (Lipinski definition) is 7. The lowest BCUT2D eigenvalue weighted by atomic mass is 9.95. The molecule has 0 saturated heterocycles. The number of thiazole rings is 1. The first kappa shape index (κ1) is 32.1. The van der Waals surface area contributed by atoms with Crippen molar-refractivity contribution in [3.8, 4) is 0 Å². The number of carbonyl (C=O) groups is 4. The van der Waals surface area contributed by atoms with Crippen LogP contribution in [0.5, 0.6) is 0 Å². The minimum atomic E-state index is -1.07. The Hall–Kier alpha value is -3.41. The van der Waals surface area contributed by atoms with Gasteiger partial charge >= 0.3 is 11.9 Å². The van der Waals surface area contributed by atoms with Gasteiger partial charge in [0.2, 0.25) is 5.91 Å². The van der Waals surface area contributed by atoms with Crippen LogP contribution in [0.2, 0.25) is 0 Å². The molecule has 0 bridgehead atoms. The standard InChI is InChI=1S/C29H37F2N3O6S/c1-15(2)24(34(5)28(37)19-6-7-19)13-25(40-17(4)35)27-33-23(14-41-27)26(36)32-22(8-16(3)29(38)39)11-18-9-20(30)12-21(31)10-18/h9-10,12,14-16,19,22,24-25H,6-8,11,13H2,1-5H3,(H,32,36)(H,38,39)/t16?,22-,24?,25?/m1/s1. The molecule has 2 N–H and O–H groups in total. The fourth-order valence-corrected chi connectivity index (χ4v) is 5.65. The number of aromatic nitrogens is 1. The summed E-state index contributed by atoms with van der Waals surface area (Å²) in [7, 11) is 1.75. The summed E-state index contributed by atoms with van der Waals surface area (Å²) < 4.78 is 33.1. The Morgan fingerprint density at radius 2 is 1.76 bits per heavy atom. The summed E-state index contributed by atoms with van der Waals surface area (Å²) in [5.41, 5.74) is 0.299. The Kier molecular flexibility index (Phi) is 10.9. The van der Waals surface area contributed by atoms with Crippen LogP contribution in [0.3, 0.4) is 0 Å². The molecular formula is C29H37F2N3O6S. The number of halogens is 2. The van der Waals surface area contributed by atoms with Crippen molar-refractivity contribution in [2.45, 2.75) is 78.0 Å². The normalized spacial score (nSPS) is 16.0. The predicted octanol–water partition coefficient (Wildman–Crippen LogP) is 4.76. The number of carboxylic acids is 1. The lowest BCUT2D eigenvalue weighted by molar-refractivity contribution is -0.148. The summed E-state index contributed by atoms with van der Waals surface area (Å²) in [4.78, 5) is 55.5. The molecule has 1 aliphatic rings. The van der Waals surface area contributed by atoms with E-state index in [2.05, 4.69) is 10.3 Å². The molecule has 41 heavy (non-hydrogen) atoms. The van der Waals surface area contributed by atoms with Crippen LogP contribution < -0.4 is 5.32 Å². The summed E-state index contributed by atoms with van der Waals surface area (Å²) in [6.07, 6.45) is 1.26. The number of aliphatic carboxylic acids is 1. The predicted molar refractivity (Wildman–Crippen MR) is 148 cm³/mol. The summed E-state index contributed by atoms with van der Waals surface area (Å²) in [5.74, 6) is -4.43. The highest BCUT2D eigenvalue weighted by atomic mass is 32.1. The maximum atomic E-state index is 13.8. The molecule has 2 amide bonds. The lowest BCUT2D eigenvalue weighted by Gasteiger charge is -2.33. The fourth-order valence-electron chi connectivity index (χ4n) is 4.81. The third kappa shape index (κ3) is 9.31. The van der Waals surface area contributed by atoms with E-state index in [4.69, 9.17) is 4.74 Å². The molecule has 3 unspecified atom stereocenters. The number of rotatable bonds is 14. The summed E-state index contributed by atoms with van der Waals surface area (Å²) in [5, 5.41) is 14.0. The number of carbonyl (C=O) groups excluding carboxylic acids is 3. The van der Waals surface area contributed by atoms with Gasteiger partial charge in [-0.3, -0.25) is 19.2 Å². The molecule has 0 radical (unpaired) electrons. The second-order valence-corrected chi connectivity index (χ2v) is 12.0. The Morgan fingerprint density at radius 3 is 2.29 bits per heavy atom. The second-order valence-electron chi connectivity index (χ2n) is 11.1. The monoisotopic (exact) mass is 593 g/mol. The second kappa shape index (κ2) is 14.0. The Labute approximate surface area is 242 Å². The quantitative estimate of drug-likeness (QED) is 0.303. The minimum absolute atomic E-state index is 0.00251. The zero-order chi connectivity index (χ0) is 30.4. The van der Waals surface area contributed by atoms with Crippen LogP contribution in [0, 0.1) is 29.4 Å². The highest BCUT2D eigenvalue weighted by Crippen LogP contribution is 2.35. The lowest BCUT2D eigenvalue weighted by Crippen LogP contribution is -2.42. The molecule has 1 aromatic heterocycles. The fraction of sp³-hybridized carbons (Fsp3) is 0.552. The van der Waals surface area contributed by atoms with Crippen LogP contribution in [-0.2, 0) is 25.5 Å². The van der Waals surface area contributed by atoms with E-state index in [1.807, 2.05) is 13.8 Å².